The second-order valence-corrected chi connectivity index (χ2v) is 5.97. The van der Waals surface area contributed by atoms with Crippen molar-refractivity contribution in [3.8, 4) is 0 Å². The van der Waals surface area contributed by atoms with Gasteiger partial charge in [0, 0.05) is 24.6 Å². The molecule has 2 rings (SSSR count). The van der Waals surface area contributed by atoms with E-state index in [0.717, 1.165) is 0 Å². The SMILES string of the molecule is COC(=O)c1ccc(C(=O)N2CCC(C(=O)NCC(F)(F)F)CC2)cc1. The summed E-state index contributed by atoms with van der Waals surface area (Å²) in [5.74, 6) is -1.94. The number of alkyl halides is 3. The molecule has 1 aliphatic heterocycles. The third-order valence-corrected chi connectivity index (χ3v) is 4.17. The van der Waals surface area contributed by atoms with Crippen LogP contribution in [0.5, 0.6) is 0 Å². The van der Waals surface area contributed by atoms with Gasteiger partial charge >= 0.3 is 12.1 Å². The number of carbonyl (C=O) groups excluding carboxylic acids is 3. The molecule has 1 aromatic carbocycles. The smallest absolute Gasteiger partial charge is 0.405 e. The molecule has 142 valence electrons. The van der Waals surface area contributed by atoms with Crippen LogP contribution in [0.1, 0.15) is 33.6 Å². The van der Waals surface area contributed by atoms with E-state index in [-0.39, 0.29) is 19.0 Å². The Hall–Kier alpha value is -2.58. The van der Waals surface area contributed by atoms with Crippen LogP contribution in [0.4, 0.5) is 13.2 Å². The van der Waals surface area contributed by atoms with Crippen LogP contribution in [0, 0.1) is 5.92 Å². The summed E-state index contributed by atoms with van der Waals surface area (Å²) in [5.41, 5.74) is 0.710. The molecule has 1 saturated heterocycles. The average molecular weight is 372 g/mol. The van der Waals surface area contributed by atoms with Crippen molar-refractivity contribution in [3.05, 3.63) is 35.4 Å². The lowest BCUT2D eigenvalue weighted by Crippen LogP contribution is -2.44. The van der Waals surface area contributed by atoms with Crippen LogP contribution in [0.15, 0.2) is 24.3 Å². The minimum absolute atomic E-state index is 0.254. The summed E-state index contributed by atoms with van der Waals surface area (Å²) in [6.45, 7) is -0.791. The van der Waals surface area contributed by atoms with Gasteiger partial charge < -0.3 is 15.0 Å². The molecule has 1 aromatic rings. The Bertz CT molecular complexity index is 666. The fourth-order valence-corrected chi connectivity index (χ4v) is 2.73. The molecule has 0 bridgehead atoms. The average Bonchev–Trinajstić information content (AvgIpc) is 2.64. The van der Waals surface area contributed by atoms with Gasteiger partial charge in [0.2, 0.25) is 5.91 Å². The van der Waals surface area contributed by atoms with Crippen molar-refractivity contribution in [2.75, 3.05) is 26.7 Å². The number of halogens is 3. The molecule has 0 spiro atoms. The first kappa shape index (κ1) is 19.7. The van der Waals surface area contributed by atoms with Gasteiger partial charge in [-0.25, -0.2) is 4.79 Å². The van der Waals surface area contributed by atoms with Crippen molar-refractivity contribution in [3.63, 3.8) is 0 Å². The van der Waals surface area contributed by atoms with E-state index in [4.69, 9.17) is 0 Å². The van der Waals surface area contributed by atoms with Crippen molar-refractivity contribution in [1.29, 1.82) is 0 Å². The number of benzene rings is 1. The fourth-order valence-electron chi connectivity index (χ4n) is 2.73. The lowest BCUT2D eigenvalue weighted by molar-refractivity contribution is -0.141. The molecule has 1 N–H and O–H groups in total. The number of nitrogens with one attached hydrogen (secondary N) is 1. The number of amides is 2. The van der Waals surface area contributed by atoms with Crippen molar-refractivity contribution in [2.45, 2.75) is 19.0 Å². The Kier molecular flexibility index (Phi) is 6.23. The first-order valence-corrected chi connectivity index (χ1v) is 8.03. The summed E-state index contributed by atoms with van der Waals surface area (Å²) < 4.78 is 41.0. The van der Waals surface area contributed by atoms with E-state index in [1.165, 1.54) is 31.4 Å². The molecule has 0 aliphatic carbocycles. The summed E-state index contributed by atoms with van der Waals surface area (Å²) in [7, 11) is 1.26. The van der Waals surface area contributed by atoms with E-state index in [1.807, 2.05) is 5.32 Å². The van der Waals surface area contributed by atoms with E-state index < -0.39 is 30.5 Å². The number of nitrogens with zero attached hydrogens (tertiary/aromatic N) is 1. The molecule has 0 aromatic heterocycles. The maximum absolute atomic E-state index is 12.4. The summed E-state index contributed by atoms with van der Waals surface area (Å²) in [6, 6.07) is 5.99. The van der Waals surface area contributed by atoms with Crippen LogP contribution < -0.4 is 5.32 Å². The summed E-state index contributed by atoms with van der Waals surface area (Å²) >= 11 is 0. The molecule has 1 fully saturated rings. The number of hydrogen-bond donors (Lipinski definition) is 1. The molecular weight excluding hydrogens is 353 g/mol. The van der Waals surface area contributed by atoms with E-state index in [0.29, 0.717) is 24.0 Å². The molecule has 0 unspecified atom stereocenters. The van der Waals surface area contributed by atoms with Gasteiger partial charge in [0.15, 0.2) is 0 Å². The van der Waals surface area contributed by atoms with Gasteiger partial charge in [-0.3, -0.25) is 9.59 Å². The number of carbonyl (C=O) groups is 3. The molecule has 26 heavy (non-hydrogen) atoms. The topological polar surface area (TPSA) is 75.7 Å². The Morgan fingerprint density at radius 1 is 1.12 bits per heavy atom. The third-order valence-electron chi connectivity index (χ3n) is 4.17. The van der Waals surface area contributed by atoms with Gasteiger partial charge in [-0.15, -0.1) is 0 Å². The minimum Gasteiger partial charge on any atom is -0.465 e. The molecule has 1 heterocycles. The summed E-state index contributed by atoms with van der Waals surface area (Å²) in [4.78, 5) is 37.1. The number of ether oxygens (including phenoxy) is 1. The minimum atomic E-state index is -4.44. The quantitative estimate of drug-likeness (QED) is 0.821. The van der Waals surface area contributed by atoms with E-state index >= 15 is 0 Å². The molecule has 6 nitrogen and oxygen atoms in total. The number of hydrogen-bond acceptors (Lipinski definition) is 4. The number of rotatable bonds is 4. The van der Waals surface area contributed by atoms with Crippen LogP contribution in [0.3, 0.4) is 0 Å². The maximum atomic E-state index is 12.4. The second-order valence-electron chi connectivity index (χ2n) is 5.97. The van der Waals surface area contributed by atoms with Gasteiger partial charge in [0.25, 0.3) is 5.91 Å². The third kappa shape index (κ3) is 5.21. The van der Waals surface area contributed by atoms with Gasteiger partial charge in [0.1, 0.15) is 6.54 Å². The van der Waals surface area contributed by atoms with Crippen molar-refractivity contribution in [2.24, 2.45) is 5.92 Å². The largest absolute Gasteiger partial charge is 0.465 e. The highest BCUT2D eigenvalue weighted by molar-refractivity contribution is 5.96. The zero-order valence-electron chi connectivity index (χ0n) is 14.1. The summed E-state index contributed by atoms with van der Waals surface area (Å²) in [5, 5.41) is 1.88. The number of methoxy groups -OCH3 is 1. The number of likely N-dealkylation sites (tertiary alicyclic amines) is 1. The molecule has 9 heteroatoms. The van der Waals surface area contributed by atoms with Gasteiger partial charge in [-0.1, -0.05) is 0 Å². The predicted molar refractivity (Wildman–Crippen MR) is 85.5 cm³/mol. The van der Waals surface area contributed by atoms with Crippen molar-refractivity contribution in [1.82, 2.24) is 10.2 Å². The standard InChI is InChI=1S/C17H19F3N2O4/c1-26-16(25)13-4-2-12(3-5-13)15(24)22-8-6-11(7-9-22)14(23)21-10-17(18,19)20/h2-5,11H,6-10H2,1H3,(H,21,23). The first-order valence-electron chi connectivity index (χ1n) is 8.03. The lowest BCUT2D eigenvalue weighted by Gasteiger charge is -2.31. The van der Waals surface area contributed by atoms with Crippen LogP contribution in [-0.2, 0) is 9.53 Å². The van der Waals surface area contributed by atoms with E-state index in [1.54, 1.807) is 4.90 Å². The monoisotopic (exact) mass is 372 g/mol. The zero-order valence-corrected chi connectivity index (χ0v) is 14.1. The Morgan fingerprint density at radius 3 is 2.15 bits per heavy atom. The molecule has 0 saturated carbocycles. The maximum Gasteiger partial charge on any atom is 0.405 e. The highest BCUT2D eigenvalue weighted by atomic mass is 19.4. The van der Waals surface area contributed by atoms with Gasteiger partial charge in [-0.2, -0.15) is 13.2 Å². The predicted octanol–water partition coefficient (Wildman–Crippen LogP) is 2.00. The Morgan fingerprint density at radius 2 is 1.65 bits per heavy atom. The van der Waals surface area contributed by atoms with Crippen molar-refractivity contribution >= 4 is 17.8 Å². The van der Waals surface area contributed by atoms with Gasteiger partial charge in [0.05, 0.1) is 12.7 Å². The van der Waals surface area contributed by atoms with Crippen LogP contribution in [-0.4, -0.2) is 55.6 Å². The zero-order chi connectivity index (χ0) is 19.3. The van der Waals surface area contributed by atoms with Crippen LogP contribution in [0.2, 0.25) is 0 Å². The Labute approximate surface area is 148 Å². The lowest BCUT2D eigenvalue weighted by atomic mass is 9.95. The highest BCUT2D eigenvalue weighted by Crippen LogP contribution is 2.20. The van der Waals surface area contributed by atoms with E-state index in [9.17, 15) is 27.6 Å². The summed E-state index contributed by atoms with van der Waals surface area (Å²) in [6.07, 6.45) is -3.84. The number of esters is 1. The van der Waals surface area contributed by atoms with Crippen LogP contribution >= 0.6 is 0 Å². The highest BCUT2D eigenvalue weighted by Gasteiger charge is 2.32. The fraction of sp³-hybridized carbons (Fsp3) is 0.471. The van der Waals surface area contributed by atoms with Gasteiger partial charge in [-0.05, 0) is 37.1 Å². The van der Waals surface area contributed by atoms with Crippen LogP contribution in [0.25, 0.3) is 0 Å². The normalized spacial score (nSPS) is 15.5. The molecular formula is C17H19F3N2O4. The van der Waals surface area contributed by atoms with E-state index in [2.05, 4.69) is 4.74 Å². The Balaban J connectivity index is 1.88. The first-order chi connectivity index (χ1) is 12.2. The van der Waals surface area contributed by atoms with Crippen molar-refractivity contribution < 1.29 is 32.3 Å². The number of piperidine rings is 1. The molecule has 1 aliphatic rings. The molecule has 2 amide bonds. The molecule has 0 radical (unpaired) electrons. The molecule has 0 atom stereocenters. The second kappa shape index (κ2) is 8.20.